The first kappa shape index (κ1) is 22.0. The van der Waals surface area contributed by atoms with Gasteiger partial charge >= 0.3 is 0 Å². The van der Waals surface area contributed by atoms with Crippen LogP contribution in [0.1, 0.15) is 39.5 Å². The molecule has 3 N–H and O–H groups in total. The van der Waals surface area contributed by atoms with E-state index in [0.29, 0.717) is 17.9 Å². The van der Waals surface area contributed by atoms with Crippen LogP contribution in [-0.4, -0.2) is 43.6 Å². The molecule has 0 aromatic heterocycles. The van der Waals surface area contributed by atoms with Gasteiger partial charge in [-0.15, -0.1) is 24.0 Å². The minimum atomic E-state index is 0. The Hall–Kier alpha value is -1.02. The zero-order chi connectivity index (χ0) is 17.4. The Labute approximate surface area is 169 Å². The first-order chi connectivity index (χ1) is 11.7. The Morgan fingerprint density at radius 3 is 2.56 bits per heavy atom. The quantitative estimate of drug-likeness (QED) is 0.351. The summed E-state index contributed by atoms with van der Waals surface area (Å²) < 4.78 is 5.24. The van der Waals surface area contributed by atoms with Gasteiger partial charge in [-0.2, -0.15) is 0 Å². The second kappa shape index (κ2) is 11.6. The van der Waals surface area contributed by atoms with Crippen molar-refractivity contribution < 1.29 is 4.74 Å². The molecule has 1 aliphatic heterocycles. The van der Waals surface area contributed by atoms with Crippen molar-refractivity contribution in [1.29, 1.82) is 0 Å². The molecule has 0 amide bonds. The fourth-order valence-corrected chi connectivity index (χ4v) is 3.55. The van der Waals surface area contributed by atoms with Crippen molar-refractivity contribution in [3.8, 4) is 5.75 Å². The van der Waals surface area contributed by atoms with Gasteiger partial charge < -0.3 is 15.8 Å². The number of nitrogens with two attached hydrogens (primary N) is 1. The molecule has 1 saturated heterocycles. The molecule has 5 nitrogen and oxygen atoms in total. The van der Waals surface area contributed by atoms with Crippen LogP contribution < -0.4 is 15.8 Å². The van der Waals surface area contributed by atoms with E-state index in [9.17, 15) is 0 Å². The van der Waals surface area contributed by atoms with E-state index in [1.807, 2.05) is 24.3 Å². The third kappa shape index (κ3) is 6.66. The summed E-state index contributed by atoms with van der Waals surface area (Å²) in [5.41, 5.74) is 7.01. The average Bonchev–Trinajstić information content (AvgIpc) is 3.13. The van der Waals surface area contributed by atoms with Gasteiger partial charge in [0.15, 0.2) is 5.96 Å². The summed E-state index contributed by atoms with van der Waals surface area (Å²) in [6.07, 6.45) is 4.99. The number of anilines is 1. The maximum absolute atomic E-state index is 6.11. The summed E-state index contributed by atoms with van der Waals surface area (Å²) in [6, 6.07) is 8.22. The molecule has 25 heavy (non-hydrogen) atoms. The zero-order valence-corrected chi connectivity index (χ0v) is 18.0. The monoisotopic (exact) mass is 460 g/mol. The van der Waals surface area contributed by atoms with Gasteiger partial charge in [0.2, 0.25) is 0 Å². The predicted octanol–water partition coefficient (Wildman–Crippen LogP) is 3.94. The van der Waals surface area contributed by atoms with Crippen molar-refractivity contribution in [1.82, 2.24) is 4.90 Å². The van der Waals surface area contributed by atoms with E-state index in [-0.39, 0.29) is 24.0 Å². The molecule has 1 aromatic carbocycles. The van der Waals surface area contributed by atoms with Crippen LogP contribution in [0.25, 0.3) is 0 Å². The largest absolute Gasteiger partial charge is 0.497 e. The third-order valence-corrected chi connectivity index (χ3v) is 4.99. The summed E-state index contributed by atoms with van der Waals surface area (Å²) in [7, 11) is 1.66. The molecule has 0 aliphatic carbocycles. The zero-order valence-electron chi connectivity index (χ0n) is 15.7. The highest BCUT2D eigenvalue weighted by atomic mass is 127. The van der Waals surface area contributed by atoms with Crippen LogP contribution in [0.4, 0.5) is 5.69 Å². The summed E-state index contributed by atoms with van der Waals surface area (Å²) in [6.45, 7) is 7.70. The summed E-state index contributed by atoms with van der Waals surface area (Å²) in [5.74, 6) is 1.95. The lowest BCUT2D eigenvalue weighted by Crippen LogP contribution is -2.41. The Morgan fingerprint density at radius 1 is 1.28 bits per heavy atom. The lowest BCUT2D eigenvalue weighted by Gasteiger charge is -2.32. The van der Waals surface area contributed by atoms with E-state index in [1.54, 1.807) is 7.11 Å². The number of aliphatic imine (C=N–C) groups is 1. The first-order valence-electron chi connectivity index (χ1n) is 9.13. The molecule has 0 spiro atoms. The second-order valence-electron chi connectivity index (χ2n) is 6.47. The average molecular weight is 460 g/mol. The molecular formula is C19H33IN4O. The molecule has 1 unspecified atom stereocenters. The van der Waals surface area contributed by atoms with Gasteiger partial charge in [-0.25, -0.2) is 0 Å². The van der Waals surface area contributed by atoms with E-state index in [1.165, 1.54) is 38.8 Å². The number of rotatable bonds is 8. The van der Waals surface area contributed by atoms with Gasteiger partial charge in [0, 0.05) is 17.8 Å². The SMILES string of the molecule is CCC(CC)C(CN=C(N)Nc1cccc(OC)c1)N1CCCC1.I. The standard InChI is InChI=1S/C19H32N4O.HI/c1-4-15(5-2)18(23-11-6-7-12-23)14-21-19(20)22-16-9-8-10-17(13-16)24-3;/h8-10,13,15,18H,4-7,11-12,14H2,1-3H3,(H3,20,21,22);1H. The number of ether oxygens (including phenoxy) is 1. The lowest BCUT2D eigenvalue weighted by molar-refractivity contribution is 0.172. The Kier molecular flexibility index (Phi) is 10.2. The fraction of sp³-hybridized carbons (Fsp3) is 0.632. The molecule has 1 atom stereocenters. The maximum Gasteiger partial charge on any atom is 0.193 e. The van der Waals surface area contributed by atoms with E-state index < -0.39 is 0 Å². The van der Waals surface area contributed by atoms with E-state index >= 15 is 0 Å². The van der Waals surface area contributed by atoms with E-state index in [2.05, 4.69) is 29.1 Å². The van der Waals surface area contributed by atoms with Crippen LogP contribution in [-0.2, 0) is 0 Å². The second-order valence-corrected chi connectivity index (χ2v) is 6.47. The topological polar surface area (TPSA) is 62.9 Å². The van der Waals surface area contributed by atoms with Crippen LogP contribution in [0, 0.1) is 5.92 Å². The lowest BCUT2D eigenvalue weighted by atomic mass is 9.93. The minimum Gasteiger partial charge on any atom is -0.497 e. The van der Waals surface area contributed by atoms with Gasteiger partial charge in [-0.3, -0.25) is 9.89 Å². The number of methoxy groups -OCH3 is 1. The van der Waals surface area contributed by atoms with Gasteiger partial charge in [-0.1, -0.05) is 32.8 Å². The van der Waals surface area contributed by atoms with Crippen molar-refractivity contribution in [3.63, 3.8) is 0 Å². The highest BCUT2D eigenvalue weighted by Gasteiger charge is 2.27. The molecule has 1 aliphatic rings. The highest BCUT2D eigenvalue weighted by molar-refractivity contribution is 14.0. The molecule has 1 fully saturated rings. The van der Waals surface area contributed by atoms with E-state index in [4.69, 9.17) is 10.5 Å². The molecular weight excluding hydrogens is 427 g/mol. The molecule has 2 rings (SSSR count). The molecule has 1 aromatic rings. The molecule has 142 valence electrons. The number of guanidine groups is 1. The number of hydrogen-bond acceptors (Lipinski definition) is 3. The molecule has 0 radical (unpaired) electrons. The molecule has 6 heteroatoms. The molecule has 1 heterocycles. The number of nitrogens with one attached hydrogen (secondary N) is 1. The summed E-state index contributed by atoms with van der Waals surface area (Å²) in [5, 5.41) is 3.17. The number of hydrogen-bond donors (Lipinski definition) is 2. The Balaban J connectivity index is 0.00000312. The number of nitrogens with zero attached hydrogens (tertiary/aromatic N) is 2. The molecule has 0 bridgehead atoms. The van der Waals surface area contributed by atoms with Crippen LogP contribution in [0.2, 0.25) is 0 Å². The van der Waals surface area contributed by atoms with Crippen molar-refractivity contribution in [2.75, 3.05) is 32.1 Å². The smallest absolute Gasteiger partial charge is 0.193 e. The Bertz CT molecular complexity index is 526. The van der Waals surface area contributed by atoms with Crippen molar-refractivity contribution >= 4 is 35.6 Å². The van der Waals surface area contributed by atoms with Crippen LogP contribution >= 0.6 is 24.0 Å². The number of likely N-dealkylation sites (tertiary alicyclic amines) is 1. The fourth-order valence-electron chi connectivity index (χ4n) is 3.55. The van der Waals surface area contributed by atoms with Crippen LogP contribution in [0.3, 0.4) is 0 Å². The van der Waals surface area contributed by atoms with Gasteiger partial charge in [0.25, 0.3) is 0 Å². The van der Waals surface area contributed by atoms with Crippen molar-refractivity contribution in [2.45, 2.75) is 45.6 Å². The normalized spacial score (nSPS) is 16.6. The Morgan fingerprint density at radius 2 is 1.96 bits per heavy atom. The molecule has 0 saturated carbocycles. The van der Waals surface area contributed by atoms with Crippen LogP contribution in [0.15, 0.2) is 29.3 Å². The number of benzene rings is 1. The van der Waals surface area contributed by atoms with Crippen LogP contribution in [0.5, 0.6) is 5.75 Å². The van der Waals surface area contributed by atoms with Gasteiger partial charge in [0.1, 0.15) is 5.75 Å². The highest BCUT2D eigenvalue weighted by Crippen LogP contribution is 2.23. The predicted molar refractivity (Wildman–Crippen MR) is 117 cm³/mol. The van der Waals surface area contributed by atoms with Gasteiger partial charge in [-0.05, 0) is 44.0 Å². The number of halogens is 1. The first-order valence-corrected chi connectivity index (χ1v) is 9.13. The maximum atomic E-state index is 6.11. The van der Waals surface area contributed by atoms with E-state index in [0.717, 1.165) is 18.0 Å². The summed E-state index contributed by atoms with van der Waals surface area (Å²) in [4.78, 5) is 7.23. The minimum absolute atomic E-state index is 0. The van der Waals surface area contributed by atoms with Crippen molar-refractivity contribution in [2.24, 2.45) is 16.6 Å². The third-order valence-electron chi connectivity index (χ3n) is 4.99. The van der Waals surface area contributed by atoms with Crippen molar-refractivity contribution in [3.05, 3.63) is 24.3 Å². The summed E-state index contributed by atoms with van der Waals surface area (Å²) >= 11 is 0. The van der Waals surface area contributed by atoms with Gasteiger partial charge in [0.05, 0.1) is 13.7 Å².